The topological polar surface area (TPSA) is 17.1 Å². The number of hydrogen-bond acceptors (Lipinski definition) is 2. The van der Waals surface area contributed by atoms with Gasteiger partial charge in [0, 0.05) is 20.4 Å². The Hall–Kier alpha value is -0.240. The van der Waals surface area contributed by atoms with Gasteiger partial charge in [0.2, 0.25) is 0 Å². The van der Waals surface area contributed by atoms with Gasteiger partial charge in [-0.25, -0.2) is 0 Å². The Bertz CT molecular complexity index is 404. The van der Waals surface area contributed by atoms with Gasteiger partial charge in [-0.15, -0.1) is 0 Å². The van der Waals surface area contributed by atoms with E-state index in [2.05, 4.69) is 0 Å². The van der Waals surface area contributed by atoms with Crippen molar-refractivity contribution < 1.29 is 18.0 Å². The highest BCUT2D eigenvalue weighted by atomic mass is 127. The molecule has 1 rings (SSSR count). The van der Waals surface area contributed by atoms with Crippen LogP contribution >= 0.6 is 34.4 Å². The van der Waals surface area contributed by atoms with Crippen LogP contribution < -0.4 is 0 Å². The molecular weight excluding hydrogens is 352 g/mol. The summed E-state index contributed by atoms with van der Waals surface area (Å²) in [6.45, 7) is 1.68. The molecule has 0 fully saturated rings. The Morgan fingerprint density at radius 1 is 1.44 bits per heavy atom. The van der Waals surface area contributed by atoms with E-state index in [1.165, 1.54) is 12.1 Å². The third-order valence-electron chi connectivity index (χ3n) is 1.80. The van der Waals surface area contributed by atoms with Crippen molar-refractivity contribution in [1.29, 1.82) is 0 Å². The molecule has 1 aromatic rings. The van der Waals surface area contributed by atoms with Crippen molar-refractivity contribution in [3.63, 3.8) is 0 Å². The van der Waals surface area contributed by atoms with Gasteiger partial charge in [-0.05, 0) is 46.5 Å². The maximum Gasteiger partial charge on any atom is 0.446 e. The van der Waals surface area contributed by atoms with Crippen LogP contribution in [0, 0.1) is 3.57 Å². The lowest BCUT2D eigenvalue weighted by Gasteiger charge is -2.08. The second kappa shape index (κ2) is 5.39. The van der Waals surface area contributed by atoms with Crippen LogP contribution in [0.5, 0.6) is 0 Å². The molecule has 0 aliphatic carbocycles. The van der Waals surface area contributed by atoms with Gasteiger partial charge < -0.3 is 0 Å². The molecular formula is C10H8F3IOS. The van der Waals surface area contributed by atoms with Crippen molar-refractivity contribution in [2.75, 3.05) is 0 Å². The van der Waals surface area contributed by atoms with Gasteiger partial charge in [-0.2, -0.15) is 13.2 Å². The maximum atomic E-state index is 12.2. The summed E-state index contributed by atoms with van der Waals surface area (Å²) in [5, 5.41) is 0. The van der Waals surface area contributed by atoms with E-state index in [0.29, 0.717) is 9.13 Å². The molecule has 0 bridgehead atoms. The third-order valence-corrected chi connectivity index (χ3v) is 3.90. The second-order valence-corrected chi connectivity index (χ2v) is 5.24. The van der Waals surface area contributed by atoms with E-state index in [9.17, 15) is 18.0 Å². The molecule has 16 heavy (non-hydrogen) atoms. The van der Waals surface area contributed by atoms with Gasteiger partial charge in [0.15, 0.2) is 5.78 Å². The first kappa shape index (κ1) is 13.8. The van der Waals surface area contributed by atoms with Crippen molar-refractivity contribution in [3.05, 3.63) is 27.3 Å². The van der Waals surface area contributed by atoms with Crippen LogP contribution in [-0.2, 0) is 0 Å². The fraction of sp³-hybridized carbons (Fsp3) is 0.300. The van der Waals surface area contributed by atoms with Crippen LogP contribution in [0.4, 0.5) is 13.2 Å². The summed E-state index contributed by atoms with van der Waals surface area (Å²) in [4.78, 5) is 11.4. The number of ketones is 1. The van der Waals surface area contributed by atoms with Crippen molar-refractivity contribution in [2.45, 2.75) is 23.7 Å². The smallest absolute Gasteiger partial charge is 0.294 e. The summed E-state index contributed by atoms with van der Waals surface area (Å²) in [7, 11) is 0. The van der Waals surface area contributed by atoms with Crippen molar-refractivity contribution >= 4 is 40.1 Å². The van der Waals surface area contributed by atoms with Gasteiger partial charge in [0.25, 0.3) is 0 Å². The molecule has 88 valence electrons. The van der Waals surface area contributed by atoms with Crippen LogP contribution in [0.2, 0.25) is 0 Å². The minimum atomic E-state index is -4.33. The SMILES string of the molecule is CCC(=O)c1ccc(I)c(SC(F)(F)F)c1. The van der Waals surface area contributed by atoms with E-state index in [-0.39, 0.29) is 28.9 Å². The molecule has 1 aromatic carbocycles. The maximum absolute atomic E-state index is 12.2. The molecule has 0 saturated carbocycles. The molecule has 0 aromatic heterocycles. The first-order valence-electron chi connectivity index (χ1n) is 4.42. The largest absolute Gasteiger partial charge is 0.446 e. The first-order valence-corrected chi connectivity index (χ1v) is 6.31. The third kappa shape index (κ3) is 3.97. The number of carbonyl (C=O) groups is 1. The van der Waals surface area contributed by atoms with E-state index in [1.807, 2.05) is 22.6 Å². The number of alkyl halides is 3. The van der Waals surface area contributed by atoms with E-state index in [4.69, 9.17) is 0 Å². The number of carbonyl (C=O) groups excluding carboxylic acids is 1. The Balaban J connectivity index is 3.04. The molecule has 6 heteroatoms. The van der Waals surface area contributed by atoms with E-state index in [1.54, 1.807) is 13.0 Å². The minimum absolute atomic E-state index is 0.0763. The minimum Gasteiger partial charge on any atom is -0.294 e. The van der Waals surface area contributed by atoms with Crippen LogP contribution in [0.15, 0.2) is 23.1 Å². The summed E-state index contributed by atoms with van der Waals surface area (Å²) in [6.07, 6.45) is 0.288. The molecule has 0 aliphatic rings. The number of rotatable bonds is 3. The van der Waals surface area contributed by atoms with Crippen LogP contribution in [0.25, 0.3) is 0 Å². The molecule has 0 aliphatic heterocycles. The monoisotopic (exact) mass is 360 g/mol. The summed E-state index contributed by atoms with van der Waals surface area (Å²) in [5.41, 5.74) is -4.00. The molecule has 0 N–H and O–H groups in total. The lowest BCUT2D eigenvalue weighted by atomic mass is 10.1. The van der Waals surface area contributed by atoms with Crippen molar-refractivity contribution in [1.82, 2.24) is 0 Å². The van der Waals surface area contributed by atoms with Crippen LogP contribution in [-0.4, -0.2) is 11.3 Å². The number of benzene rings is 1. The van der Waals surface area contributed by atoms with Crippen LogP contribution in [0.3, 0.4) is 0 Å². The van der Waals surface area contributed by atoms with Gasteiger partial charge in [0.1, 0.15) is 0 Å². The lowest BCUT2D eigenvalue weighted by molar-refractivity contribution is -0.0328. The highest BCUT2D eigenvalue weighted by molar-refractivity contribution is 14.1. The van der Waals surface area contributed by atoms with E-state index < -0.39 is 5.51 Å². The zero-order valence-electron chi connectivity index (χ0n) is 8.27. The summed E-state index contributed by atoms with van der Waals surface area (Å²) < 4.78 is 37.1. The predicted octanol–water partition coefficient (Wildman–Crippen LogP) is 4.50. The molecule has 0 saturated heterocycles. The highest BCUT2D eigenvalue weighted by Gasteiger charge is 2.30. The predicted molar refractivity (Wildman–Crippen MR) is 65.7 cm³/mol. The average Bonchev–Trinajstić information content (AvgIpc) is 2.18. The summed E-state index contributed by atoms with van der Waals surface area (Å²) in [5.74, 6) is -0.152. The molecule has 0 spiro atoms. The van der Waals surface area contributed by atoms with E-state index in [0.717, 1.165) is 0 Å². The van der Waals surface area contributed by atoms with Gasteiger partial charge in [-0.1, -0.05) is 13.0 Å². The first-order chi connectivity index (χ1) is 7.33. The average molecular weight is 360 g/mol. The Kier molecular flexibility index (Phi) is 4.66. The Labute approximate surface area is 109 Å². The molecule has 0 heterocycles. The molecule has 0 amide bonds. The molecule has 0 unspecified atom stereocenters. The molecule has 1 nitrogen and oxygen atoms in total. The van der Waals surface area contributed by atoms with Crippen molar-refractivity contribution in [3.8, 4) is 0 Å². The normalized spacial score (nSPS) is 11.6. The fourth-order valence-electron chi connectivity index (χ4n) is 1.08. The van der Waals surface area contributed by atoms with Gasteiger partial charge in [-0.3, -0.25) is 4.79 Å². The Morgan fingerprint density at radius 3 is 2.56 bits per heavy atom. The number of hydrogen-bond donors (Lipinski definition) is 0. The van der Waals surface area contributed by atoms with Crippen LogP contribution in [0.1, 0.15) is 23.7 Å². The zero-order chi connectivity index (χ0) is 12.3. The number of halogens is 4. The number of thioether (sulfide) groups is 1. The quantitative estimate of drug-likeness (QED) is 0.449. The van der Waals surface area contributed by atoms with Gasteiger partial charge >= 0.3 is 5.51 Å². The van der Waals surface area contributed by atoms with E-state index >= 15 is 0 Å². The van der Waals surface area contributed by atoms with Gasteiger partial charge in [0.05, 0.1) is 0 Å². The molecule has 0 radical (unpaired) electrons. The Morgan fingerprint density at radius 2 is 2.06 bits per heavy atom. The molecule has 0 atom stereocenters. The second-order valence-electron chi connectivity index (χ2n) is 2.97. The summed E-state index contributed by atoms with van der Waals surface area (Å²) in [6, 6.07) is 4.37. The summed E-state index contributed by atoms with van der Waals surface area (Å²) >= 11 is 1.63. The number of Topliss-reactive ketones (excluding diaryl/α,β-unsaturated/α-hetero) is 1. The lowest BCUT2D eigenvalue weighted by Crippen LogP contribution is -2.02. The van der Waals surface area contributed by atoms with Crippen molar-refractivity contribution in [2.24, 2.45) is 0 Å². The fourth-order valence-corrected chi connectivity index (χ4v) is 2.35. The highest BCUT2D eigenvalue weighted by Crippen LogP contribution is 2.39. The standard InChI is InChI=1S/C10H8F3IOS/c1-2-8(15)6-3-4-7(14)9(5-6)16-10(11,12)13/h3-5H,2H2,1H3. The zero-order valence-corrected chi connectivity index (χ0v) is 11.2.